The molecular formula is C30H31F. The molecule has 0 aliphatic rings. The van der Waals surface area contributed by atoms with E-state index in [-0.39, 0.29) is 5.82 Å². The Morgan fingerprint density at radius 3 is 2.00 bits per heavy atom. The molecular weight excluding hydrogens is 379 g/mol. The predicted molar refractivity (Wildman–Crippen MR) is 132 cm³/mol. The second kappa shape index (κ2) is 9.92. The first-order valence-electron chi connectivity index (χ1n) is 11.5. The summed E-state index contributed by atoms with van der Waals surface area (Å²) in [4.78, 5) is 0. The number of benzene rings is 4. The Bertz CT molecular complexity index is 1140. The number of aryl methyl sites for hydroxylation is 2. The van der Waals surface area contributed by atoms with Crippen LogP contribution in [0.3, 0.4) is 0 Å². The van der Waals surface area contributed by atoms with Crippen LogP contribution < -0.4 is 0 Å². The normalized spacial score (nSPS) is 11.2. The van der Waals surface area contributed by atoms with Gasteiger partial charge in [-0.1, -0.05) is 117 Å². The summed E-state index contributed by atoms with van der Waals surface area (Å²) in [5.74, 6) is -0.130. The molecule has 1 heteroatoms. The summed E-state index contributed by atoms with van der Waals surface area (Å²) in [6.45, 7) is 4.33. The third-order valence-electron chi connectivity index (χ3n) is 6.17. The molecule has 158 valence electrons. The summed E-state index contributed by atoms with van der Waals surface area (Å²) in [6, 6.07) is 26.9. The van der Waals surface area contributed by atoms with Crippen LogP contribution in [0.1, 0.15) is 50.2 Å². The lowest BCUT2D eigenvalue weighted by atomic mass is 9.96. The molecule has 31 heavy (non-hydrogen) atoms. The smallest absolute Gasteiger partial charge is 0.138 e. The van der Waals surface area contributed by atoms with E-state index in [0.29, 0.717) is 10.9 Å². The van der Waals surface area contributed by atoms with E-state index in [0.717, 1.165) is 22.9 Å². The van der Waals surface area contributed by atoms with Gasteiger partial charge in [0, 0.05) is 10.9 Å². The second-order valence-corrected chi connectivity index (χ2v) is 8.59. The second-order valence-electron chi connectivity index (χ2n) is 8.59. The van der Waals surface area contributed by atoms with Gasteiger partial charge in [0.25, 0.3) is 0 Å². The molecule has 0 spiro atoms. The van der Waals surface area contributed by atoms with Gasteiger partial charge >= 0.3 is 0 Å². The van der Waals surface area contributed by atoms with E-state index in [1.54, 1.807) is 0 Å². The Labute approximate surface area is 185 Å². The SMILES string of the molecule is CCCCCCCc1ccc2c(F)c(-c3ccc(-c4ccc(C)cc4)cc3)ccc2c1. The fourth-order valence-corrected chi connectivity index (χ4v) is 4.24. The fourth-order valence-electron chi connectivity index (χ4n) is 4.24. The van der Waals surface area contributed by atoms with Crippen LogP contribution in [0.15, 0.2) is 78.9 Å². The zero-order chi connectivity index (χ0) is 21.6. The minimum atomic E-state index is -0.130. The maximum absolute atomic E-state index is 15.3. The first-order chi connectivity index (χ1) is 15.2. The van der Waals surface area contributed by atoms with Crippen LogP contribution in [0.4, 0.5) is 4.39 Å². The molecule has 0 atom stereocenters. The van der Waals surface area contributed by atoms with Crippen LogP contribution in [-0.4, -0.2) is 0 Å². The number of rotatable bonds is 8. The molecule has 0 radical (unpaired) electrons. The predicted octanol–water partition coefficient (Wildman–Crippen LogP) is 9.13. The van der Waals surface area contributed by atoms with Gasteiger partial charge in [-0.3, -0.25) is 0 Å². The Hall–Kier alpha value is -2.93. The third kappa shape index (κ3) is 5.05. The van der Waals surface area contributed by atoms with Gasteiger partial charge in [0.15, 0.2) is 0 Å². The summed E-state index contributed by atoms with van der Waals surface area (Å²) < 4.78 is 15.3. The average molecular weight is 411 g/mol. The molecule has 0 fully saturated rings. The first kappa shape index (κ1) is 21.3. The zero-order valence-electron chi connectivity index (χ0n) is 18.6. The molecule has 0 unspecified atom stereocenters. The minimum Gasteiger partial charge on any atom is -0.206 e. The molecule has 0 saturated heterocycles. The minimum absolute atomic E-state index is 0.130. The fraction of sp³-hybridized carbons (Fsp3) is 0.267. The van der Waals surface area contributed by atoms with Crippen molar-refractivity contribution in [2.75, 3.05) is 0 Å². The van der Waals surface area contributed by atoms with Gasteiger partial charge in [0.2, 0.25) is 0 Å². The van der Waals surface area contributed by atoms with Crippen LogP contribution >= 0.6 is 0 Å². The van der Waals surface area contributed by atoms with Gasteiger partial charge in [-0.15, -0.1) is 0 Å². The molecule has 0 heterocycles. The van der Waals surface area contributed by atoms with Gasteiger partial charge in [-0.25, -0.2) is 4.39 Å². The summed E-state index contributed by atoms with van der Waals surface area (Å²) >= 11 is 0. The topological polar surface area (TPSA) is 0 Å². The molecule has 0 aromatic heterocycles. The molecule has 0 bridgehead atoms. The lowest BCUT2D eigenvalue weighted by Crippen LogP contribution is -1.90. The summed E-state index contributed by atoms with van der Waals surface area (Å²) in [6.07, 6.45) is 7.45. The van der Waals surface area contributed by atoms with Crippen molar-refractivity contribution in [2.24, 2.45) is 0 Å². The lowest BCUT2D eigenvalue weighted by molar-refractivity contribution is 0.632. The van der Waals surface area contributed by atoms with Gasteiger partial charge in [0.05, 0.1) is 0 Å². The quantitative estimate of drug-likeness (QED) is 0.254. The van der Waals surface area contributed by atoms with E-state index in [9.17, 15) is 0 Å². The van der Waals surface area contributed by atoms with Crippen LogP contribution in [0, 0.1) is 12.7 Å². The van der Waals surface area contributed by atoms with Crippen LogP contribution in [0.5, 0.6) is 0 Å². The average Bonchev–Trinajstić information content (AvgIpc) is 2.80. The van der Waals surface area contributed by atoms with E-state index in [2.05, 4.69) is 68.4 Å². The number of fused-ring (bicyclic) bond motifs is 1. The van der Waals surface area contributed by atoms with Crippen molar-refractivity contribution in [3.63, 3.8) is 0 Å². The van der Waals surface area contributed by atoms with Crippen LogP contribution in [-0.2, 0) is 6.42 Å². The Morgan fingerprint density at radius 2 is 1.29 bits per heavy atom. The Balaban J connectivity index is 1.53. The van der Waals surface area contributed by atoms with Gasteiger partial charge < -0.3 is 0 Å². The highest BCUT2D eigenvalue weighted by Crippen LogP contribution is 2.31. The zero-order valence-corrected chi connectivity index (χ0v) is 18.6. The number of halogens is 1. The van der Waals surface area contributed by atoms with Crippen molar-refractivity contribution in [1.82, 2.24) is 0 Å². The number of unbranched alkanes of at least 4 members (excludes halogenated alkanes) is 4. The van der Waals surface area contributed by atoms with Crippen molar-refractivity contribution in [2.45, 2.75) is 52.4 Å². The summed E-state index contributed by atoms with van der Waals surface area (Å²) in [7, 11) is 0. The van der Waals surface area contributed by atoms with Gasteiger partial charge in [0.1, 0.15) is 5.82 Å². The van der Waals surface area contributed by atoms with Crippen molar-refractivity contribution < 1.29 is 4.39 Å². The highest BCUT2D eigenvalue weighted by atomic mass is 19.1. The van der Waals surface area contributed by atoms with E-state index in [1.807, 2.05) is 24.3 Å². The summed E-state index contributed by atoms with van der Waals surface area (Å²) in [5.41, 5.74) is 6.45. The highest BCUT2D eigenvalue weighted by Gasteiger charge is 2.10. The molecule has 4 aromatic rings. The molecule has 0 nitrogen and oxygen atoms in total. The lowest BCUT2D eigenvalue weighted by Gasteiger charge is -2.10. The van der Waals surface area contributed by atoms with Gasteiger partial charge in [-0.05, 0) is 47.4 Å². The number of hydrogen-bond acceptors (Lipinski definition) is 0. The van der Waals surface area contributed by atoms with E-state index < -0.39 is 0 Å². The van der Waals surface area contributed by atoms with Crippen LogP contribution in [0.2, 0.25) is 0 Å². The Morgan fingerprint density at radius 1 is 0.645 bits per heavy atom. The maximum Gasteiger partial charge on any atom is 0.138 e. The summed E-state index contributed by atoms with van der Waals surface area (Å²) in [5, 5.41) is 1.69. The molecule has 0 aliphatic carbocycles. The first-order valence-corrected chi connectivity index (χ1v) is 11.5. The molecule has 0 saturated carbocycles. The van der Waals surface area contributed by atoms with E-state index in [4.69, 9.17) is 0 Å². The van der Waals surface area contributed by atoms with Gasteiger partial charge in [-0.2, -0.15) is 0 Å². The molecule has 0 amide bonds. The maximum atomic E-state index is 15.3. The third-order valence-corrected chi connectivity index (χ3v) is 6.17. The standard InChI is InChI=1S/C30H31F/c1-3-4-5-6-7-8-23-11-19-29-27(21-23)18-20-28(30(29)31)26-16-14-25(15-17-26)24-12-9-22(2)10-13-24/h9-21H,3-8H2,1-2H3. The van der Waals surface area contributed by atoms with E-state index in [1.165, 1.54) is 48.8 Å². The number of hydrogen-bond donors (Lipinski definition) is 0. The molecule has 4 rings (SSSR count). The highest BCUT2D eigenvalue weighted by molar-refractivity contribution is 5.89. The largest absolute Gasteiger partial charge is 0.206 e. The molecule has 0 N–H and O–H groups in total. The van der Waals surface area contributed by atoms with Crippen LogP contribution in [0.25, 0.3) is 33.0 Å². The Kier molecular flexibility index (Phi) is 6.82. The van der Waals surface area contributed by atoms with Crippen molar-refractivity contribution in [3.8, 4) is 22.3 Å². The van der Waals surface area contributed by atoms with Crippen molar-refractivity contribution in [1.29, 1.82) is 0 Å². The molecule has 0 aliphatic heterocycles. The van der Waals surface area contributed by atoms with Crippen molar-refractivity contribution >= 4 is 10.8 Å². The monoisotopic (exact) mass is 410 g/mol. The molecule has 4 aromatic carbocycles. The van der Waals surface area contributed by atoms with Crippen molar-refractivity contribution in [3.05, 3.63) is 95.8 Å². The van der Waals surface area contributed by atoms with E-state index >= 15 is 4.39 Å².